The Balaban J connectivity index is 1.61. The maximum absolute atomic E-state index is 5.75. The minimum absolute atomic E-state index is 0.134. The monoisotopic (exact) mass is 267 g/mol. The first-order valence-corrected chi connectivity index (χ1v) is 6.65. The van der Waals surface area contributed by atoms with Crippen LogP contribution in [0.25, 0.3) is 0 Å². The van der Waals surface area contributed by atoms with Crippen molar-refractivity contribution in [1.29, 1.82) is 0 Å². The quantitative estimate of drug-likeness (QED) is 0.729. The normalized spacial score (nSPS) is 14.4. The molecule has 0 spiro atoms. The summed E-state index contributed by atoms with van der Waals surface area (Å²) >= 11 is 0. The van der Waals surface area contributed by atoms with Crippen LogP contribution in [0.1, 0.15) is 19.8 Å². The second-order valence-electron chi connectivity index (χ2n) is 4.46. The van der Waals surface area contributed by atoms with E-state index < -0.39 is 0 Å². The summed E-state index contributed by atoms with van der Waals surface area (Å²) in [6, 6.07) is 5.71. The number of hydrogen-bond donors (Lipinski definition) is 1. The second kappa shape index (κ2) is 7.21. The maximum Gasteiger partial charge on any atom is 0.231 e. The van der Waals surface area contributed by atoms with Crippen molar-refractivity contribution in [2.45, 2.75) is 25.8 Å². The Labute approximate surface area is 113 Å². The Kier molecular flexibility index (Phi) is 5.30. The second-order valence-corrected chi connectivity index (χ2v) is 4.46. The van der Waals surface area contributed by atoms with Gasteiger partial charge in [0.15, 0.2) is 11.5 Å². The van der Waals surface area contributed by atoms with Crippen LogP contribution in [-0.4, -0.2) is 32.7 Å². The molecule has 1 heterocycles. The van der Waals surface area contributed by atoms with Crippen LogP contribution in [0.3, 0.4) is 0 Å². The minimum atomic E-state index is 0.134. The molecule has 5 nitrogen and oxygen atoms in total. The molecule has 1 aromatic carbocycles. The largest absolute Gasteiger partial charge is 0.493 e. The van der Waals surface area contributed by atoms with Crippen molar-refractivity contribution in [2.24, 2.45) is 5.73 Å². The number of nitrogens with two attached hydrogens (primary N) is 1. The van der Waals surface area contributed by atoms with E-state index >= 15 is 0 Å². The average Bonchev–Trinajstić information content (AvgIpc) is 2.89. The van der Waals surface area contributed by atoms with Gasteiger partial charge < -0.3 is 24.7 Å². The van der Waals surface area contributed by atoms with Crippen LogP contribution in [0.2, 0.25) is 0 Å². The molecule has 106 valence electrons. The van der Waals surface area contributed by atoms with Crippen LogP contribution in [0, 0.1) is 0 Å². The summed E-state index contributed by atoms with van der Waals surface area (Å²) in [4.78, 5) is 0. The Morgan fingerprint density at radius 2 is 2.11 bits per heavy atom. The van der Waals surface area contributed by atoms with Gasteiger partial charge in [0.05, 0.1) is 13.2 Å². The molecule has 0 aromatic heterocycles. The zero-order valence-corrected chi connectivity index (χ0v) is 11.3. The van der Waals surface area contributed by atoms with Gasteiger partial charge >= 0.3 is 0 Å². The topological polar surface area (TPSA) is 62.9 Å². The van der Waals surface area contributed by atoms with Gasteiger partial charge in [0.25, 0.3) is 0 Å². The number of benzene rings is 1. The molecule has 1 atom stereocenters. The molecule has 1 aliphatic rings. The molecular formula is C14H21NO4. The van der Waals surface area contributed by atoms with Gasteiger partial charge in [0.1, 0.15) is 5.75 Å². The highest BCUT2D eigenvalue weighted by Crippen LogP contribution is 2.35. The van der Waals surface area contributed by atoms with Gasteiger partial charge in [-0.15, -0.1) is 0 Å². The van der Waals surface area contributed by atoms with Crippen molar-refractivity contribution >= 4 is 0 Å². The van der Waals surface area contributed by atoms with Crippen LogP contribution >= 0.6 is 0 Å². The van der Waals surface area contributed by atoms with Gasteiger partial charge in [-0.2, -0.15) is 0 Å². The lowest BCUT2D eigenvalue weighted by Crippen LogP contribution is -2.25. The van der Waals surface area contributed by atoms with Gasteiger partial charge in [-0.05, 0) is 18.6 Å². The fourth-order valence-corrected chi connectivity index (χ4v) is 1.67. The van der Waals surface area contributed by atoms with E-state index in [4.69, 9.17) is 24.7 Å². The van der Waals surface area contributed by atoms with Crippen molar-refractivity contribution in [2.75, 3.05) is 26.6 Å². The van der Waals surface area contributed by atoms with E-state index in [0.29, 0.717) is 19.8 Å². The summed E-state index contributed by atoms with van der Waals surface area (Å²) in [7, 11) is 0. The van der Waals surface area contributed by atoms with Gasteiger partial charge in [-0.25, -0.2) is 0 Å². The lowest BCUT2D eigenvalue weighted by molar-refractivity contribution is 0.107. The molecule has 0 saturated heterocycles. The lowest BCUT2D eigenvalue weighted by Gasteiger charge is -2.10. The van der Waals surface area contributed by atoms with Crippen LogP contribution in [0.4, 0.5) is 0 Å². The maximum atomic E-state index is 5.75. The van der Waals surface area contributed by atoms with Gasteiger partial charge in [0.2, 0.25) is 6.79 Å². The number of fused-ring (bicyclic) bond motifs is 1. The third-order valence-electron chi connectivity index (χ3n) is 2.90. The summed E-state index contributed by atoms with van der Waals surface area (Å²) in [6.45, 7) is 4.22. The van der Waals surface area contributed by atoms with E-state index in [0.717, 1.165) is 30.1 Å². The minimum Gasteiger partial charge on any atom is -0.493 e. The standard InChI is InChI=1S/C14H21NO4/c1-2-11(15)9-16-6-3-7-17-12-4-5-13-14(8-12)19-10-18-13/h4-5,8,11H,2-3,6-7,9-10,15H2,1H3. The van der Waals surface area contributed by atoms with E-state index in [1.165, 1.54) is 0 Å². The lowest BCUT2D eigenvalue weighted by atomic mass is 10.3. The molecule has 2 rings (SSSR count). The summed E-state index contributed by atoms with van der Waals surface area (Å²) < 4.78 is 21.6. The highest BCUT2D eigenvalue weighted by molar-refractivity contribution is 5.46. The molecule has 19 heavy (non-hydrogen) atoms. The zero-order chi connectivity index (χ0) is 13.5. The molecule has 1 unspecified atom stereocenters. The summed E-state index contributed by atoms with van der Waals surface area (Å²) in [6.07, 6.45) is 1.78. The highest BCUT2D eigenvalue weighted by Gasteiger charge is 2.13. The van der Waals surface area contributed by atoms with Crippen LogP contribution in [0.5, 0.6) is 17.2 Å². The zero-order valence-electron chi connectivity index (χ0n) is 11.3. The summed E-state index contributed by atoms with van der Waals surface area (Å²) in [5.41, 5.74) is 5.75. The predicted molar refractivity (Wildman–Crippen MR) is 71.8 cm³/mol. The molecule has 0 fully saturated rings. The third kappa shape index (κ3) is 4.29. The van der Waals surface area contributed by atoms with Gasteiger partial charge in [-0.3, -0.25) is 0 Å². The van der Waals surface area contributed by atoms with Crippen molar-refractivity contribution < 1.29 is 18.9 Å². The molecular weight excluding hydrogens is 246 g/mol. The Morgan fingerprint density at radius 1 is 1.26 bits per heavy atom. The van der Waals surface area contributed by atoms with E-state index in [-0.39, 0.29) is 12.8 Å². The first-order chi connectivity index (χ1) is 9.29. The smallest absolute Gasteiger partial charge is 0.231 e. The van der Waals surface area contributed by atoms with Crippen LogP contribution < -0.4 is 19.9 Å². The Hall–Kier alpha value is -1.46. The molecule has 0 aliphatic carbocycles. The average molecular weight is 267 g/mol. The Bertz CT molecular complexity index is 397. The van der Waals surface area contributed by atoms with Crippen molar-refractivity contribution in [3.8, 4) is 17.2 Å². The van der Waals surface area contributed by atoms with Crippen molar-refractivity contribution in [3.05, 3.63) is 18.2 Å². The van der Waals surface area contributed by atoms with Crippen LogP contribution in [0.15, 0.2) is 18.2 Å². The first-order valence-electron chi connectivity index (χ1n) is 6.65. The molecule has 1 aromatic rings. The SMILES string of the molecule is CCC(N)COCCCOc1ccc2c(c1)OCO2. The number of rotatable bonds is 8. The van der Waals surface area contributed by atoms with E-state index in [1.807, 2.05) is 18.2 Å². The van der Waals surface area contributed by atoms with E-state index in [2.05, 4.69) is 6.92 Å². The molecule has 2 N–H and O–H groups in total. The predicted octanol–water partition coefficient (Wildman–Crippen LogP) is 1.94. The van der Waals surface area contributed by atoms with E-state index in [1.54, 1.807) is 0 Å². The van der Waals surface area contributed by atoms with Gasteiger partial charge in [0, 0.05) is 25.1 Å². The fourth-order valence-electron chi connectivity index (χ4n) is 1.67. The van der Waals surface area contributed by atoms with Crippen molar-refractivity contribution in [3.63, 3.8) is 0 Å². The molecule has 0 bridgehead atoms. The van der Waals surface area contributed by atoms with Crippen molar-refractivity contribution in [1.82, 2.24) is 0 Å². The molecule has 5 heteroatoms. The number of ether oxygens (including phenoxy) is 4. The first kappa shape index (κ1) is 14.0. The molecule has 0 saturated carbocycles. The Morgan fingerprint density at radius 3 is 2.95 bits per heavy atom. The fraction of sp³-hybridized carbons (Fsp3) is 0.571. The molecule has 0 amide bonds. The molecule has 1 aliphatic heterocycles. The number of hydrogen-bond acceptors (Lipinski definition) is 5. The molecule has 0 radical (unpaired) electrons. The summed E-state index contributed by atoms with van der Waals surface area (Å²) in [5.74, 6) is 2.29. The summed E-state index contributed by atoms with van der Waals surface area (Å²) in [5, 5.41) is 0. The van der Waals surface area contributed by atoms with Gasteiger partial charge in [-0.1, -0.05) is 6.92 Å². The highest BCUT2D eigenvalue weighted by atomic mass is 16.7. The van der Waals surface area contributed by atoms with Crippen LogP contribution in [-0.2, 0) is 4.74 Å². The van der Waals surface area contributed by atoms with E-state index in [9.17, 15) is 0 Å². The third-order valence-corrected chi connectivity index (χ3v) is 2.90.